The standard InChI is InChI=1S/C18H14F2N2O2/c19-18(20)24-16-7-2-1-6-15(16)8-9-17(23)22-12-14-5-3-4-13(10-14)11-21/h1-10,18H,12H2,(H,22,23)/b9-8+. The van der Waals surface area contributed by atoms with Gasteiger partial charge >= 0.3 is 6.61 Å². The number of alkyl halides is 2. The van der Waals surface area contributed by atoms with Gasteiger partial charge in [-0.2, -0.15) is 14.0 Å². The number of carbonyl (C=O) groups excluding carboxylic acids is 1. The van der Waals surface area contributed by atoms with Crippen LogP contribution in [0.15, 0.2) is 54.6 Å². The van der Waals surface area contributed by atoms with E-state index in [-0.39, 0.29) is 18.2 Å². The molecular weight excluding hydrogens is 314 g/mol. The normalized spacial score (nSPS) is 10.6. The molecule has 0 bridgehead atoms. The van der Waals surface area contributed by atoms with Crippen molar-refractivity contribution < 1.29 is 18.3 Å². The molecule has 0 aliphatic carbocycles. The molecule has 122 valence electrons. The lowest BCUT2D eigenvalue weighted by Crippen LogP contribution is -2.20. The first kappa shape index (κ1) is 17.2. The molecule has 2 aromatic carbocycles. The summed E-state index contributed by atoms with van der Waals surface area (Å²) in [5, 5.41) is 11.5. The third-order valence-corrected chi connectivity index (χ3v) is 3.07. The van der Waals surface area contributed by atoms with E-state index in [9.17, 15) is 13.6 Å². The molecule has 1 amide bonds. The van der Waals surface area contributed by atoms with Crippen LogP contribution < -0.4 is 10.1 Å². The minimum Gasteiger partial charge on any atom is -0.434 e. The Bertz CT molecular complexity index is 783. The number of nitrogens with zero attached hydrogens (tertiary/aromatic N) is 1. The Morgan fingerprint density at radius 3 is 2.79 bits per heavy atom. The highest BCUT2D eigenvalue weighted by Crippen LogP contribution is 2.21. The number of benzene rings is 2. The average Bonchev–Trinajstić information content (AvgIpc) is 2.59. The molecule has 0 aromatic heterocycles. The zero-order chi connectivity index (χ0) is 17.4. The zero-order valence-electron chi connectivity index (χ0n) is 12.6. The van der Waals surface area contributed by atoms with Gasteiger partial charge in [0.05, 0.1) is 11.6 Å². The first-order valence-corrected chi connectivity index (χ1v) is 7.07. The predicted molar refractivity (Wildman–Crippen MR) is 85.1 cm³/mol. The van der Waals surface area contributed by atoms with Gasteiger partial charge < -0.3 is 10.1 Å². The summed E-state index contributed by atoms with van der Waals surface area (Å²) in [4.78, 5) is 11.8. The van der Waals surface area contributed by atoms with Gasteiger partial charge in [0.15, 0.2) is 0 Å². The largest absolute Gasteiger partial charge is 0.434 e. The molecule has 2 rings (SSSR count). The van der Waals surface area contributed by atoms with Crippen molar-refractivity contribution in [3.63, 3.8) is 0 Å². The summed E-state index contributed by atoms with van der Waals surface area (Å²) in [6, 6.07) is 15.1. The molecule has 24 heavy (non-hydrogen) atoms. The fourth-order valence-electron chi connectivity index (χ4n) is 1.99. The van der Waals surface area contributed by atoms with Crippen molar-refractivity contribution in [1.29, 1.82) is 5.26 Å². The Morgan fingerprint density at radius 1 is 1.25 bits per heavy atom. The van der Waals surface area contributed by atoms with Crippen molar-refractivity contribution in [3.8, 4) is 11.8 Å². The van der Waals surface area contributed by atoms with E-state index < -0.39 is 6.61 Å². The lowest BCUT2D eigenvalue weighted by atomic mass is 10.1. The molecule has 1 N–H and O–H groups in total. The van der Waals surface area contributed by atoms with Crippen LogP contribution in [0.5, 0.6) is 5.75 Å². The zero-order valence-corrected chi connectivity index (χ0v) is 12.6. The first-order chi connectivity index (χ1) is 11.6. The number of amides is 1. The van der Waals surface area contributed by atoms with E-state index in [1.807, 2.05) is 6.07 Å². The molecule has 0 unspecified atom stereocenters. The average molecular weight is 328 g/mol. The predicted octanol–water partition coefficient (Wildman–Crippen LogP) is 3.49. The number of ether oxygens (including phenoxy) is 1. The van der Waals surface area contributed by atoms with Gasteiger partial charge in [-0.15, -0.1) is 0 Å². The van der Waals surface area contributed by atoms with Crippen LogP contribution in [0.4, 0.5) is 8.78 Å². The Morgan fingerprint density at radius 2 is 2.04 bits per heavy atom. The van der Waals surface area contributed by atoms with Crippen molar-refractivity contribution in [3.05, 3.63) is 71.3 Å². The van der Waals surface area contributed by atoms with Crippen LogP contribution in [0.25, 0.3) is 6.08 Å². The SMILES string of the molecule is N#Cc1cccc(CNC(=O)/C=C/c2ccccc2OC(F)F)c1. The van der Waals surface area contributed by atoms with Gasteiger partial charge in [0.25, 0.3) is 0 Å². The number of hydrogen-bond acceptors (Lipinski definition) is 3. The number of rotatable bonds is 6. The first-order valence-electron chi connectivity index (χ1n) is 7.07. The highest BCUT2D eigenvalue weighted by molar-refractivity contribution is 5.92. The van der Waals surface area contributed by atoms with Crippen molar-refractivity contribution in [1.82, 2.24) is 5.32 Å². The maximum Gasteiger partial charge on any atom is 0.387 e. The highest BCUT2D eigenvalue weighted by Gasteiger charge is 2.07. The number of hydrogen-bond donors (Lipinski definition) is 1. The molecule has 0 spiro atoms. The van der Waals surface area contributed by atoms with Crippen molar-refractivity contribution in [2.24, 2.45) is 0 Å². The van der Waals surface area contributed by atoms with E-state index in [2.05, 4.69) is 10.1 Å². The van der Waals surface area contributed by atoms with Gasteiger partial charge in [-0.1, -0.05) is 30.3 Å². The van der Waals surface area contributed by atoms with E-state index >= 15 is 0 Å². The van der Waals surface area contributed by atoms with Crippen LogP contribution in [0.2, 0.25) is 0 Å². The minimum absolute atomic E-state index is 0.00160. The van der Waals surface area contributed by atoms with Crippen molar-refractivity contribution in [2.45, 2.75) is 13.2 Å². The van der Waals surface area contributed by atoms with Crippen LogP contribution in [0, 0.1) is 11.3 Å². The Hall–Kier alpha value is -3.20. The fraction of sp³-hybridized carbons (Fsp3) is 0.111. The second-order valence-corrected chi connectivity index (χ2v) is 4.78. The van der Waals surface area contributed by atoms with Gasteiger partial charge in [0.2, 0.25) is 5.91 Å². The number of halogens is 2. The van der Waals surface area contributed by atoms with E-state index in [4.69, 9.17) is 5.26 Å². The summed E-state index contributed by atoms with van der Waals surface area (Å²) in [5.41, 5.74) is 1.67. The third-order valence-electron chi connectivity index (χ3n) is 3.07. The molecule has 2 aromatic rings. The number of nitriles is 1. The molecule has 0 saturated carbocycles. The van der Waals surface area contributed by atoms with Crippen LogP contribution in [0.3, 0.4) is 0 Å². The van der Waals surface area contributed by atoms with E-state index in [1.54, 1.807) is 42.5 Å². The van der Waals surface area contributed by atoms with Crippen LogP contribution in [0.1, 0.15) is 16.7 Å². The van der Waals surface area contributed by atoms with Gasteiger partial charge in [-0.05, 0) is 29.8 Å². The minimum atomic E-state index is -2.93. The van der Waals surface area contributed by atoms with Crippen LogP contribution in [-0.4, -0.2) is 12.5 Å². The van der Waals surface area contributed by atoms with Gasteiger partial charge in [0, 0.05) is 18.2 Å². The third kappa shape index (κ3) is 5.21. The molecule has 0 radical (unpaired) electrons. The number of carbonyl (C=O) groups is 1. The Labute approximate surface area is 138 Å². The summed E-state index contributed by atoms with van der Waals surface area (Å²) >= 11 is 0. The summed E-state index contributed by atoms with van der Waals surface area (Å²) in [6.45, 7) is -2.67. The second kappa shape index (κ2) is 8.44. The molecule has 0 atom stereocenters. The number of para-hydroxylation sites is 1. The van der Waals surface area contributed by atoms with Crippen molar-refractivity contribution in [2.75, 3.05) is 0 Å². The molecular formula is C18H14F2N2O2. The second-order valence-electron chi connectivity index (χ2n) is 4.78. The van der Waals surface area contributed by atoms with Gasteiger partial charge in [0.1, 0.15) is 5.75 Å². The summed E-state index contributed by atoms with van der Waals surface area (Å²) < 4.78 is 29.0. The highest BCUT2D eigenvalue weighted by atomic mass is 19.3. The molecule has 0 aliphatic rings. The smallest absolute Gasteiger partial charge is 0.387 e. The van der Waals surface area contributed by atoms with Gasteiger partial charge in [-0.25, -0.2) is 0 Å². The molecule has 4 nitrogen and oxygen atoms in total. The quantitative estimate of drug-likeness (QED) is 0.826. The Kier molecular flexibility index (Phi) is 6.03. The van der Waals surface area contributed by atoms with Crippen molar-refractivity contribution >= 4 is 12.0 Å². The van der Waals surface area contributed by atoms with Crippen LogP contribution >= 0.6 is 0 Å². The molecule has 0 aliphatic heterocycles. The van der Waals surface area contributed by atoms with E-state index in [1.165, 1.54) is 18.2 Å². The lowest BCUT2D eigenvalue weighted by molar-refractivity contribution is -0.116. The number of nitrogens with one attached hydrogen (secondary N) is 1. The Balaban J connectivity index is 1.97. The summed E-state index contributed by atoms with van der Waals surface area (Å²) in [6.07, 6.45) is 2.64. The van der Waals surface area contributed by atoms with Crippen LogP contribution in [-0.2, 0) is 11.3 Å². The van der Waals surface area contributed by atoms with Gasteiger partial charge in [-0.3, -0.25) is 4.79 Å². The summed E-state index contributed by atoms with van der Waals surface area (Å²) in [7, 11) is 0. The maximum absolute atomic E-state index is 12.3. The molecule has 6 heteroatoms. The monoisotopic (exact) mass is 328 g/mol. The lowest BCUT2D eigenvalue weighted by Gasteiger charge is -2.07. The summed E-state index contributed by atoms with van der Waals surface area (Å²) in [5.74, 6) is -0.387. The molecule has 0 saturated heterocycles. The van der Waals surface area contributed by atoms with E-state index in [0.29, 0.717) is 11.1 Å². The maximum atomic E-state index is 12.3. The molecule has 0 fully saturated rings. The topological polar surface area (TPSA) is 62.1 Å². The fourth-order valence-corrected chi connectivity index (χ4v) is 1.99. The molecule has 0 heterocycles. The van der Waals surface area contributed by atoms with E-state index in [0.717, 1.165) is 5.56 Å².